The Bertz CT molecular complexity index is 923. The summed E-state index contributed by atoms with van der Waals surface area (Å²) in [6.07, 6.45) is 3.54. The van der Waals surface area contributed by atoms with E-state index in [9.17, 15) is 10.2 Å². The zero-order valence-corrected chi connectivity index (χ0v) is 20.3. The monoisotopic (exact) mass is 453 g/mol. The fraction of sp³-hybridized carbons (Fsp3) is 0.571. The topological polar surface area (TPSA) is 62.2 Å². The van der Waals surface area contributed by atoms with E-state index < -0.39 is 11.2 Å². The Balaban J connectivity index is 1.36. The molecule has 2 N–H and O–H groups in total. The molecule has 1 saturated carbocycles. The van der Waals surface area contributed by atoms with E-state index in [4.69, 9.17) is 9.47 Å². The molecule has 0 radical (unpaired) electrons. The van der Waals surface area contributed by atoms with Gasteiger partial charge in [0, 0.05) is 19.6 Å². The first kappa shape index (κ1) is 24.2. The van der Waals surface area contributed by atoms with E-state index in [2.05, 4.69) is 55.1 Å². The van der Waals surface area contributed by atoms with Crippen molar-refractivity contribution in [1.29, 1.82) is 0 Å². The van der Waals surface area contributed by atoms with Gasteiger partial charge in [0.05, 0.1) is 18.8 Å². The molecule has 0 spiro atoms. The second kappa shape index (κ2) is 10.1. The summed E-state index contributed by atoms with van der Waals surface area (Å²) in [6, 6.07) is 14.8. The molecule has 0 amide bonds. The van der Waals surface area contributed by atoms with Gasteiger partial charge in [-0.15, -0.1) is 0 Å². The molecule has 1 saturated heterocycles. The number of β-amino-alcohol motifs (C(OH)–C–C–N with tert-alkyl or cyclic N) is 2. The van der Waals surface area contributed by atoms with E-state index in [1.165, 1.54) is 11.1 Å². The highest BCUT2D eigenvalue weighted by molar-refractivity contribution is 5.42. The molecular weight excluding hydrogens is 414 g/mol. The highest BCUT2D eigenvalue weighted by Gasteiger charge is 2.39. The van der Waals surface area contributed by atoms with Gasteiger partial charge in [0.15, 0.2) is 0 Å². The molecule has 4 rings (SSSR count). The minimum atomic E-state index is -1.11. The summed E-state index contributed by atoms with van der Waals surface area (Å²) >= 11 is 0. The number of hydrogen-bond donors (Lipinski definition) is 2. The highest BCUT2D eigenvalue weighted by atomic mass is 16.5. The molecule has 0 aromatic heterocycles. The lowest BCUT2D eigenvalue weighted by atomic mass is 9.76. The van der Waals surface area contributed by atoms with Gasteiger partial charge >= 0.3 is 0 Å². The lowest BCUT2D eigenvalue weighted by molar-refractivity contribution is -0.0767. The van der Waals surface area contributed by atoms with Crippen molar-refractivity contribution in [3.8, 4) is 5.75 Å². The van der Waals surface area contributed by atoms with Gasteiger partial charge in [0.25, 0.3) is 0 Å². The second-order valence-corrected chi connectivity index (χ2v) is 10.4. The van der Waals surface area contributed by atoms with E-state index in [1.54, 1.807) is 0 Å². The van der Waals surface area contributed by atoms with Crippen molar-refractivity contribution in [3.05, 3.63) is 64.7 Å². The summed E-state index contributed by atoms with van der Waals surface area (Å²) in [5, 5.41) is 22.7. The fourth-order valence-corrected chi connectivity index (χ4v) is 5.37. The molecule has 0 unspecified atom stereocenters. The van der Waals surface area contributed by atoms with Crippen molar-refractivity contribution < 1.29 is 19.7 Å². The fourth-order valence-electron chi connectivity index (χ4n) is 5.37. The molecule has 2 aliphatic rings. The third-order valence-electron chi connectivity index (χ3n) is 7.41. The van der Waals surface area contributed by atoms with E-state index in [0.29, 0.717) is 32.2 Å². The van der Waals surface area contributed by atoms with Crippen molar-refractivity contribution in [2.75, 3.05) is 39.5 Å². The summed E-state index contributed by atoms with van der Waals surface area (Å²) in [5.41, 5.74) is 2.96. The van der Waals surface area contributed by atoms with Crippen molar-refractivity contribution in [2.45, 2.75) is 63.6 Å². The van der Waals surface area contributed by atoms with Gasteiger partial charge in [0.1, 0.15) is 18.0 Å². The molecule has 2 fully saturated rings. The third-order valence-corrected chi connectivity index (χ3v) is 7.41. The van der Waals surface area contributed by atoms with Crippen molar-refractivity contribution in [1.82, 2.24) is 4.90 Å². The summed E-state index contributed by atoms with van der Waals surface area (Å²) in [6.45, 7) is 8.83. The van der Waals surface area contributed by atoms with Crippen LogP contribution in [0, 0.1) is 20.8 Å². The summed E-state index contributed by atoms with van der Waals surface area (Å²) in [4.78, 5) is 2.16. The molecule has 33 heavy (non-hydrogen) atoms. The highest BCUT2D eigenvalue weighted by Crippen LogP contribution is 2.38. The predicted molar refractivity (Wildman–Crippen MR) is 131 cm³/mol. The summed E-state index contributed by atoms with van der Waals surface area (Å²) in [5.74, 6) is 1.33. The number of ether oxygens (including phenoxy) is 2. The van der Waals surface area contributed by atoms with Crippen LogP contribution in [0.25, 0.3) is 0 Å². The average molecular weight is 454 g/mol. The van der Waals surface area contributed by atoms with Crippen LogP contribution in [0.5, 0.6) is 5.75 Å². The third kappa shape index (κ3) is 6.15. The molecule has 5 heteroatoms. The first-order valence-electron chi connectivity index (χ1n) is 12.3. The van der Waals surface area contributed by atoms with Gasteiger partial charge in [-0.3, -0.25) is 4.90 Å². The molecule has 1 aliphatic carbocycles. The lowest BCUT2D eigenvalue weighted by Gasteiger charge is -2.40. The molecule has 5 nitrogen and oxygen atoms in total. The maximum Gasteiger partial charge on any atom is 0.134 e. The van der Waals surface area contributed by atoms with Crippen LogP contribution in [-0.2, 0) is 4.74 Å². The van der Waals surface area contributed by atoms with Crippen molar-refractivity contribution in [2.24, 2.45) is 0 Å². The molecule has 0 bridgehead atoms. The Morgan fingerprint density at radius 1 is 1.03 bits per heavy atom. The van der Waals surface area contributed by atoms with Gasteiger partial charge in [0.2, 0.25) is 0 Å². The van der Waals surface area contributed by atoms with E-state index in [0.717, 1.165) is 42.6 Å². The van der Waals surface area contributed by atoms with Gasteiger partial charge in [-0.05, 0) is 80.7 Å². The van der Waals surface area contributed by atoms with Crippen LogP contribution in [0.2, 0.25) is 0 Å². The first-order valence-corrected chi connectivity index (χ1v) is 12.3. The van der Waals surface area contributed by atoms with E-state index in [-0.39, 0.29) is 13.2 Å². The SMILES string of the molecule is Cc1cc(C)c(C)c(OC[C@@]2(O)COCCN(CC3(O)CCC(c4ccccc4)CC3)C2)c1. The van der Waals surface area contributed by atoms with Crippen LogP contribution in [0.3, 0.4) is 0 Å². The number of benzene rings is 2. The lowest BCUT2D eigenvalue weighted by Crippen LogP contribution is -2.53. The largest absolute Gasteiger partial charge is 0.490 e. The van der Waals surface area contributed by atoms with E-state index >= 15 is 0 Å². The number of rotatable bonds is 6. The van der Waals surface area contributed by atoms with Gasteiger partial charge < -0.3 is 19.7 Å². The van der Waals surface area contributed by atoms with E-state index in [1.807, 2.05) is 13.0 Å². The van der Waals surface area contributed by atoms with Crippen LogP contribution in [-0.4, -0.2) is 65.8 Å². The number of nitrogens with zero attached hydrogens (tertiary/aromatic N) is 1. The maximum absolute atomic E-state index is 11.4. The Hall–Kier alpha value is -1.92. The normalized spacial score (nSPS) is 28.9. The standard InChI is InChI=1S/C28H39NO4/c1-21-15-22(2)23(3)26(16-21)33-20-28(31)18-29(13-14-32-19-28)17-27(30)11-9-25(10-12-27)24-7-5-4-6-8-24/h4-8,15-16,25,30-31H,9-14,17-20H2,1-3H3/t25?,27?,28-/m0/s1. The van der Waals surface area contributed by atoms with Crippen LogP contribution in [0.15, 0.2) is 42.5 Å². The number of aliphatic hydroxyl groups is 2. The van der Waals surface area contributed by atoms with Crippen LogP contribution in [0.4, 0.5) is 0 Å². The second-order valence-electron chi connectivity index (χ2n) is 10.4. The zero-order chi connectivity index (χ0) is 23.5. The zero-order valence-electron chi connectivity index (χ0n) is 20.3. The molecule has 2 aromatic carbocycles. The molecule has 1 heterocycles. The molecule has 2 aromatic rings. The summed E-state index contributed by atoms with van der Waals surface area (Å²) in [7, 11) is 0. The Kier molecular flexibility index (Phi) is 7.44. The van der Waals surface area contributed by atoms with Gasteiger partial charge in [-0.25, -0.2) is 0 Å². The van der Waals surface area contributed by atoms with Gasteiger partial charge in [-0.1, -0.05) is 36.4 Å². The van der Waals surface area contributed by atoms with Crippen molar-refractivity contribution >= 4 is 0 Å². The smallest absolute Gasteiger partial charge is 0.134 e. The molecular formula is C28H39NO4. The number of aryl methyl sites for hydroxylation is 2. The first-order chi connectivity index (χ1) is 15.8. The minimum Gasteiger partial charge on any atom is -0.490 e. The average Bonchev–Trinajstić information content (AvgIpc) is 2.97. The quantitative estimate of drug-likeness (QED) is 0.688. The molecule has 1 aliphatic heterocycles. The minimum absolute atomic E-state index is 0.168. The maximum atomic E-state index is 11.4. The Labute approximate surface area is 198 Å². The molecule has 1 atom stereocenters. The van der Waals surface area contributed by atoms with Crippen molar-refractivity contribution in [3.63, 3.8) is 0 Å². The van der Waals surface area contributed by atoms with Gasteiger partial charge in [-0.2, -0.15) is 0 Å². The Morgan fingerprint density at radius 3 is 2.48 bits per heavy atom. The van der Waals surface area contributed by atoms with Crippen LogP contribution < -0.4 is 4.74 Å². The predicted octanol–water partition coefficient (Wildman–Crippen LogP) is 4.14. The Morgan fingerprint density at radius 2 is 1.76 bits per heavy atom. The molecule has 180 valence electrons. The van der Waals surface area contributed by atoms with Crippen LogP contribution >= 0.6 is 0 Å². The summed E-state index contributed by atoms with van der Waals surface area (Å²) < 4.78 is 11.9. The number of hydrogen-bond acceptors (Lipinski definition) is 5. The van der Waals surface area contributed by atoms with Crippen LogP contribution in [0.1, 0.15) is 53.9 Å².